The van der Waals surface area contributed by atoms with Crippen LogP contribution in [0.2, 0.25) is 0 Å². The highest BCUT2D eigenvalue weighted by molar-refractivity contribution is 7.89. The van der Waals surface area contributed by atoms with E-state index < -0.39 is 27.7 Å². The number of benzene rings is 1. The van der Waals surface area contributed by atoms with Crippen LogP contribution in [0.5, 0.6) is 0 Å². The van der Waals surface area contributed by atoms with Crippen LogP contribution in [0.3, 0.4) is 0 Å². The lowest BCUT2D eigenvalue weighted by atomic mass is 10.2. The van der Waals surface area contributed by atoms with Crippen molar-refractivity contribution in [1.82, 2.24) is 4.31 Å². The number of sulfonamides is 1. The Morgan fingerprint density at radius 2 is 1.70 bits per heavy atom. The molecule has 0 fully saturated rings. The third-order valence-electron chi connectivity index (χ3n) is 3.16. The van der Waals surface area contributed by atoms with Crippen molar-refractivity contribution in [2.24, 2.45) is 0 Å². The van der Waals surface area contributed by atoms with Gasteiger partial charge in [0.05, 0.1) is 18.6 Å². The summed E-state index contributed by atoms with van der Waals surface area (Å²) < 4.78 is 36.1. The van der Waals surface area contributed by atoms with Gasteiger partial charge in [0.15, 0.2) is 0 Å². The third-order valence-corrected chi connectivity index (χ3v) is 4.90. The van der Waals surface area contributed by atoms with Gasteiger partial charge in [-0.05, 0) is 39.8 Å². The number of esters is 1. The minimum absolute atomic E-state index is 0.0162. The topological polar surface area (TPSA) is 90.0 Å². The van der Waals surface area contributed by atoms with E-state index in [1.54, 1.807) is 32.9 Å². The lowest BCUT2D eigenvalue weighted by Crippen LogP contribution is -2.40. The van der Waals surface area contributed by atoms with E-state index in [-0.39, 0.29) is 11.4 Å². The Balaban J connectivity index is 3.12. The second-order valence-electron chi connectivity index (χ2n) is 6.64. The number of amides is 1. The van der Waals surface area contributed by atoms with E-state index in [9.17, 15) is 18.0 Å². The highest BCUT2D eigenvalue weighted by atomic mass is 32.2. The number of rotatable bonds is 6. The minimum atomic E-state index is -4.11. The van der Waals surface area contributed by atoms with E-state index in [2.05, 4.69) is 4.74 Å². The van der Waals surface area contributed by atoms with Crippen LogP contribution in [0.4, 0.5) is 4.79 Å². The summed E-state index contributed by atoms with van der Waals surface area (Å²) >= 11 is 0. The number of hydrogen-bond acceptors (Lipinski definition) is 6. The van der Waals surface area contributed by atoms with Crippen LogP contribution in [-0.2, 0) is 24.3 Å². The number of allylic oxidation sites excluding steroid dienone is 2. The van der Waals surface area contributed by atoms with Crippen molar-refractivity contribution in [2.75, 3.05) is 13.7 Å². The molecule has 0 spiro atoms. The van der Waals surface area contributed by atoms with Crippen LogP contribution in [-0.4, -0.2) is 44.0 Å². The van der Waals surface area contributed by atoms with Crippen LogP contribution < -0.4 is 0 Å². The summed E-state index contributed by atoms with van der Waals surface area (Å²) in [5.74, 6) is -0.545. The normalized spacial score (nSPS) is 12.3. The molecule has 7 nitrogen and oxygen atoms in total. The van der Waals surface area contributed by atoms with E-state index in [0.29, 0.717) is 4.31 Å². The number of nitrogens with zero attached hydrogens (tertiary/aromatic N) is 1. The molecule has 8 heteroatoms. The van der Waals surface area contributed by atoms with Crippen LogP contribution in [0.1, 0.15) is 26.3 Å². The summed E-state index contributed by atoms with van der Waals surface area (Å²) in [6, 6.07) is 6.16. The molecule has 0 saturated carbocycles. The highest BCUT2D eigenvalue weighted by Crippen LogP contribution is 2.19. The first-order chi connectivity index (χ1) is 12.5. The molecule has 1 aromatic rings. The number of methoxy groups -OCH3 is 1. The zero-order valence-electron chi connectivity index (χ0n) is 16.1. The molecule has 27 heavy (non-hydrogen) atoms. The Bertz CT molecular complexity index is 817. The molecule has 0 radical (unpaired) electrons. The molecule has 0 aromatic heterocycles. The summed E-state index contributed by atoms with van der Waals surface area (Å²) in [6.07, 6.45) is 4.44. The predicted octanol–water partition coefficient (Wildman–Crippen LogP) is 3.21. The zero-order chi connectivity index (χ0) is 20.7. The van der Waals surface area contributed by atoms with Crippen LogP contribution in [0.15, 0.2) is 53.5 Å². The van der Waals surface area contributed by atoms with E-state index >= 15 is 0 Å². The molecule has 0 aliphatic rings. The maximum Gasteiger partial charge on any atom is 0.424 e. The number of aryl methyl sites for hydroxylation is 1. The molecule has 0 heterocycles. The van der Waals surface area contributed by atoms with Crippen molar-refractivity contribution in [3.63, 3.8) is 0 Å². The molecule has 148 valence electrons. The SMILES string of the molecule is COC(=O)/C=C/C=C/CN(C(=O)OC(C)(C)C)S(=O)(=O)c1ccc(C)cc1. The van der Waals surface area contributed by atoms with E-state index in [0.717, 1.165) is 5.56 Å². The first-order valence-electron chi connectivity index (χ1n) is 8.21. The standard InChI is InChI=1S/C19H25NO6S/c1-15-10-12-16(13-11-15)27(23,24)20(18(22)26-19(2,3)4)14-8-6-7-9-17(21)25-5/h6-13H,14H2,1-5H3/b8-6+,9-7+. The lowest BCUT2D eigenvalue weighted by molar-refractivity contribution is -0.134. The van der Waals surface area contributed by atoms with Gasteiger partial charge in [-0.2, -0.15) is 4.31 Å². The first kappa shape index (κ1) is 22.4. The van der Waals surface area contributed by atoms with Crippen LogP contribution in [0, 0.1) is 6.92 Å². The van der Waals surface area contributed by atoms with Crippen molar-refractivity contribution in [1.29, 1.82) is 0 Å². The van der Waals surface area contributed by atoms with Gasteiger partial charge >= 0.3 is 12.1 Å². The number of carbonyl (C=O) groups is 2. The monoisotopic (exact) mass is 395 g/mol. The molecule has 0 aliphatic carbocycles. The number of hydrogen-bond donors (Lipinski definition) is 0. The van der Waals surface area contributed by atoms with Crippen molar-refractivity contribution in [3.05, 3.63) is 54.1 Å². The fourth-order valence-corrected chi connectivity index (χ4v) is 3.11. The number of carbonyl (C=O) groups excluding carboxylic acids is 2. The Hall–Kier alpha value is -2.61. The van der Waals surface area contributed by atoms with Gasteiger partial charge in [0.25, 0.3) is 10.0 Å². The maximum atomic E-state index is 12.9. The van der Waals surface area contributed by atoms with E-state index in [1.807, 2.05) is 6.92 Å². The smallest absolute Gasteiger partial charge is 0.424 e. The molecule has 0 aliphatic heterocycles. The van der Waals surface area contributed by atoms with Crippen molar-refractivity contribution in [3.8, 4) is 0 Å². The predicted molar refractivity (Wildman–Crippen MR) is 102 cm³/mol. The molecular formula is C19H25NO6S. The van der Waals surface area contributed by atoms with Gasteiger partial charge in [0, 0.05) is 6.08 Å². The second-order valence-corrected chi connectivity index (χ2v) is 8.50. The lowest BCUT2D eigenvalue weighted by Gasteiger charge is -2.26. The molecule has 0 unspecified atom stereocenters. The highest BCUT2D eigenvalue weighted by Gasteiger charge is 2.32. The number of ether oxygens (including phenoxy) is 2. The summed E-state index contributed by atoms with van der Waals surface area (Å²) in [5.41, 5.74) is 0.0396. The van der Waals surface area contributed by atoms with Gasteiger partial charge in [0.1, 0.15) is 5.60 Å². The van der Waals surface area contributed by atoms with Crippen LogP contribution in [0.25, 0.3) is 0 Å². The maximum absolute atomic E-state index is 12.9. The molecule has 1 rings (SSSR count). The van der Waals surface area contributed by atoms with E-state index in [1.165, 1.54) is 43.5 Å². The quantitative estimate of drug-likeness (QED) is 0.417. The fraction of sp³-hybridized carbons (Fsp3) is 0.368. The van der Waals surface area contributed by atoms with Crippen LogP contribution >= 0.6 is 0 Å². The third kappa shape index (κ3) is 7.26. The zero-order valence-corrected chi connectivity index (χ0v) is 16.9. The molecule has 0 N–H and O–H groups in total. The summed E-state index contributed by atoms with van der Waals surface area (Å²) in [6.45, 7) is 6.53. The van der Waals surface area contributed by atoms with Gasteiger partial charge in [0.2, 0.25) is 0 Å². The molecule has 0 saturated heterocycles. The molecule has 0 bridgehead atoms. The molecule has 0 atom stereocenters. The Labute approximate surface area is 160 Å². The molecule has 1 amide bonds. The molecule has 1 aromatic carbocycles. The van der Waals surface area contributed by atoms with Crippen molar-refractivity contribution in [2.45, 2.75) is 38.2 Å². The fourth-order valence-electron chi connectivity index (χ4n) is 1.86. The average Bonchev–Trinajstić information content (AvgIpc) is 2.56. The summed E-state index contributed by atoms with van der Waals surface area (Å²) in [4.78, 5) is 23.5. The van der Waals surface area contributed by atoms with Gasteiger partial charge in [-0.1, -0.05) is 35.9 Å². The summed E-state index contributed by atoms with van der Waals surface area (Å²) in [7, 11) is -2.86. The Morgan fingerprint density at radius 1 is 1.11 bits per heavy atom. The van der Waals surface area contributed by atoms with Crippen molar-refractivity contribution >= 4 is 22.1 Å². The van der Waals surface area contributed by atoms with Gasteiger partial charge < -0.3 is 9.47 Å². The van der Waals surface area contributed by atoms with E-state index in [4.69, 9.17) is 4.74 Å². The van der Waals surface area contributed by atoms with Gasteiger partial charge in [-0.3, -0.25) is 0 Å². The summed E-state index contributed by atoms with van der Waals surface area (Å²) in [5, 5.41) is 0. The van der Waals surface area contributed by atoms with Gasteiger partial charge in [-0.15, -0.1) is 0 Å². The minimum Gasteiger partial charge on any atom is -0.466 e. The largest absolute Gasteiger partial charge is 0.466 e. The second kappa shape index (κ2) is 9.36. The van der Waals surface area contributed by atoms with Crippen molar-refractivity contribution < 1.29 is 27.5 Å². The van der Waals surface area contributed by atoms with Gasteiger partial charge in [-0.25, -0.2) is 18.0 Å². The molecular weight excluding hydrogens is 370 g/mol. The Kier molecular flexibility index (Phi) is 7.78. The average molecular weight is 395 g/mol. The first-order valence-corrected chi connectivity index (χ1v) is 9.65. The Morgan fingerprint density at radius 3 is 2.22 bits per heavy atom.